The number of aromatic nitrogens is 1. The van der Waals surface area contributed by atoms with Crippen LogP contribution >= 0.6 is 0 Å². The average molecular weight is 343 g/mol. The molecule has 1 N–H and O–H groups in total. The summed E-state index contributed by atoms with van der Waals surface area (Å²) in [6.07, 6.45) is 1.59. The first-order valence-corrected chi connectivity index (χ1v) is 8.06. The lowest BCUT2D eigenvalue weighted by Gasteiger charge is -2.19. The van der Waals surface area contributed by atoms with E-state index in [0.29, 0.717) is 35.1 Å². The maximum absolute atomic E-state index is 12.5. The molecule has 132 valence electrons. The number of rotatable bonds is 8. The minimum atomic E-state index is -0.709. The first-order valence-electron chi connectivity index (χ1n) is 8.06. The van der Waals surface area contributed by atoms with Gasteiger partial charge in [0.1, 0.15) is 5.76 Å². The lowest BCUT2D eigenvalue weighted by atomic mass is 10.1. The van der Waals surface area contributed by atoms with Crippen LogP contribution in [-0.2, 0) is 4.79 Å². The van der Waals surface area contributed by atoms with E-state index in [9.17, 15) is 4.79 Å². The smallest absolute Gasteiger partial charge is 0.266 e. The van der Waals surface area contributed by atoms with Crippen LogP contribution in [-0.4, -0.2) is 24.3 Å². The molecule has 7 heteroatoms. The van der Waals surface area contributed by atoms with E-state index >= 15 is 0 Å². The second-order valence-electron chi connectivity index (χ2n) is 5.54. The molecule has 0 aliphatic heterocycles. The Labute approximate surface area is 146 Å². The number of nitriles is 1. The summed E-state index contributed by atoms with van der Waals surface area (Å²) in [5.41, 5.74) is 0.455. The van der Waals surface area contributed by atoms with Gasteiger partial charge in [-0.15, -0.1) is 0 Å². The van der Waals surface area contributed by atoms with Crippen LogP contribution in [0.1, 0.15) is 37.5 Å². The Morgan fingerprint density at radius 3 is 2.80 bits per heavy atom. The lowest BCUT2D eigenvalue weighted by Crippen LogP contribution is -2.33. The SMILES string of the molecule is CCCC[C@H](Oc1ccc(C#N)cc1OC)C(=O)Nc1cc(C)on1. The van der Waals surface area contributed by atoms with Crippen molar-refractivity contribution >= 4 is 11.7 Å². The normalized spacial score (nSPS) is 11.4. The number of aryl methyl sites for hydroxylation is 1. The Morgan fingerprint density at radius 2 is 2.20 bits per heavy atom. The number of nitrogens with one attached hydrogen (secondary N) is 1. The molecule has 0 bridgehead atoms. The quantitative estimate of drug-likeness (QED) is 0.788. The molecule has 0 unspecified atom stereocenters. The van der Waals surface area contributed by atoms with Gasteiger partial charge in [-0.05, 0) is 31.9 Å². The maximum Gasteiger partial charge on any atom is 0.266 e. The summed E-state index contributed by atoms with van der Waals surface area (Å²) >= 11 is 0. The van der Waals surface area contributed by atoms with Crippen molar-refractivity contribution < 1.29 is 18.8 Å². The molecule has 0 aliphatic rings. The molecular formula is C18H21N3O4. The number of hydrogen-bond donors (Lipinski definition) is 1. The van der Waals surface area contributed by atoms with E-state index in [4.69, 9.17) is 19.3 Å². The van der Waals surface area contributed by atoms with Crippen molar-refractivity contribution in [3.05, 3.63) is 35.6 Å². The van der Waals surface area contributed by atoms with Crippen LogP contribution in [0, 0.1) is 18.3 Å². The van der Waals surface area contributed by atoms with E-state index < -0.39 is 6.10 Å². The first kappa shape index (κ1) is 18.3. The van der Waals surface area contributed by atoms with Crippen molar-refractivity contribution in [1.82, 2.24) is 5.16 Å². The Kier molecular flexibility index (Phi) is 6.40. The molecule has 0 fully saturated rings. The first-order chi connectivity index (χ1) is 12.1. The van der Waals surface area contributed by atoms with Crippen molar-refractivity contribution in [3.8, 4) is 17.6 Å². The van der Waals surface area contributed by atoms with Gasteiger partial charge in [0.05, 0.1) is 18.7 Å². The van der Waals surface area contributed by atoms with E-state index in [2.05, 4.69) is 10.5 Å². The molecular weight excluding hydrogens is 322 g/mol. The fourth-order valence-electron chi connectivity index (χ4n) is 2.25. The summed E-state index contributed by atoms with van der Waals surface area (Å²) in [5.74, 6) is 1.46. The minimum Gasteiger partial charge on any atom is -0.493 e. The average Bonchev–Trinajstić information content (AvgIpc) is 3.03. The largest absolute Gasteiger partial charge is 0.493 e. The Bertz CT molecular complexity index is 764. The molecule has 0 spiro atoms. The minimum absolute atomic E-state index is 0.312. The molecule has 0 radical (unpaired) electrons. The third kappa shape index (κ3) is 4.98. The van der Waals surface area contributed by atoms with Crippen LogP contribution in [0.2, 0.25) is 0 Å². The van der Waals surface area contributed by atoms with Crippen molar-refractivity contribution in [2.24, 2.45) is 0 Å². The van der Waals surface area contributed by atoms with Crippen LogP contribution in [0.5, 0.6) is 11.5 Å². The highest BCUT2D eigenvalue weighted by Gasteiger charge is 2.23. The molecule has 7 nitrogen and oxygen atoms in total. The van der Waals surface area contributed by atoms with Gasteiger partial charge < -0.3 is 19.3 Å². The number of methoxy groups -OCH3 is 1. The zero-order valence-corrected chi connectivity index (χ0v) is 14.5. The van der Waals surface area contributed by atoms with Gasteiger partial charge in [0.25, 0.3) is 5.91 Å². The van der Waals surface area contributed by atoms with Crippen molar-refractivity contribution in [3.63, 3.8) is 0 Å². The summed E-state index contributed by atoms with van der Waals surface area (Å²) < 4.78 is 16.1. The molecule has 1 atom stereocenters. The number of unbranched alkanes of at least 4 members (excludes halogenated alkanes) is 1. The van der Waals surface area contributed by atoms with Crippen molar-refractivity contribution in [2.75, 3.05) is 12.4 Å². The predicted octanol–water partition coefficient (Wildman–Crippen LogP) is 3.44. The summed E-state index contributed by atoms with van der Waals surface area (Å²) in [5, 5.41) is 15.4. The summed E-state index contributed by atoms with van der Waals surface area (Å²) in [7, 11) is 1.49. The number of carbonyl (C=O) groups excluding carboxylic acids is 1. The maximum atomic E-state index is 12.5. The van der Waals surface area contributed by atoms with E-state index in [1.165, 1.54) is 7.11 Å². The molecule has 2 aromatic rings. The van der Waals surface area contributed by atoms with Crippen molar-refractivity contribution in [1.29, 1.82) is 5.26 Å². The van der Waals surface area contributed by atoms with Gasteiger partial charge in [0, 0.05) is 12.1 Å². The highest BCUT2D eigenvalue weighted by Crippen LogP contribution is 2.29. The lowest BCUT2D eigenvalue weighted by molar-refractivity contribution is -0.123. The number of anilines is 1. The number of benzene rings is 1. The molecule has 1 amide bonds. The third-order valence-corrected chi connectivity index (χ3v) is 3.55. The Hall–Kier alpha value is -3.01. The summed E-state index contributed by atoms with van der Waals surface area (Å²) in [6, 6.07) is 8.50. The topological polar surface area (TPSA) is 97.4 Å². The Morgan fingerprint density at radius 1 is 1.40 bits per heavy atom. The van der Waals surface area contributed by atoms with Gasteiger partial charge in [-0.2, -0.15) is 5.26 Å². The van der Waals surface area contributed by atoms with E-state index in [1.54, 1.807) is 31.2 Å². The van der Waals surface area contributed by atoms with Gasteiger partial charge in [-0.1, -0.05) is 18.5 Å². The fraction of sp³-hybridized carbons (Fsp3) is 0.389. The van der Waals surface area contributed by atoms with Crippen LogP contribution < -0.4 is 14.8 Å². The van der Waals surface area contributed by atoms with E-state index in [1.807, 2.05) is 13.0 Å². The van der Waals surface area contributed by atoms with E-state index in [-0.39, 0.29) is 5.91 Å². The molecule has 25 heavy (non-hydrogen) atoms. The zero-order valence-electron chi connectivity index (χ0n) is 14.5. The number of amides is 1. The van der Waals surface area contributed by atoms with Crippen molar-refractivity contribution in [2.45, 2.75) is 39.2 Å². The van der Waals surface area contributed by atoms with Gasteiger partial charge in [0.15, 0.2) is 23.4 Å². The fourth-order valence-corrected chi connectivity index (χ4v) is 2.25. The van der Waals surface area contributed by atoms with E-state index in [0.717, 1.165) is 12.8 Å². The molecule has 0 saturated heterocycles. The molecule has 0 saturated carbocycles. The summed E-state index contributed by atoms with van der Waals surface area (Å²) in [4.78, 5) is 12.5. The van der Waals surface area contributed by atoms with Gasteiger partial charge >= 0.3 is 0 Å². The molecule has 2 rings (SSSR count). The predicted molar refractivity (Wildman–Crippen MR) is 91.5 cm³/mol. The second-order valence-corrected chi connectivity index (χ2v) is 5.54. The Balaban J connectivity index is 2.16. The monoisotopic (exact) mass is 343 g/mol. The highest BCUT2D eigenvalue weighted by atomic mass is 16.5. The highest BCUT2D eigenvalue weighted by molar-refractivity contribution is 5.93. The summed E-state index contributed by atoms with van der Waals surface area (Å²) in [6.45, 7) is 3.79. The molecule has 1 aromatic heterocycles. The number of carbonyl (C=O) groups is 1. The molecule has 0 aliphatic carbocycles. The zero-order chi connectivity index (χ0) is 18.2. The van der Waals surface area contributed by atoms with Crippen LogP contribution in [0.15, 0.2) is 28.8 Å². The van der Waals surface area contributed by atoms with Gasteiger partial charge in [-0.3, -0.25) is 4.79 Å². The number of hydrogen-bond acceptors (Lipinski definition) is 6. The molecule has 1 heterocycles. The van der Waals surface area contributed by atoms with Crippen LogP contribution in [0.3, 0.4) is 0 Å². The second kappa shape index (κ2) is 8.73. The number of nitrogens with zero attached hydrogens (tertiary/aromatic N) is 2. The van der Waals surface area contributed by atoms with Crippen LogP contribution in [0.25, 0.3) is 0 Å². The third-order valence-electron chi connectivity index (χ3n) is 3.55. The molecule has 1 aromatic carbocycles. The number of ether oxygens (including phenoxy) is 2. The standard InChI is InChI=1S/C18H21N3O4/c1-4-5-6-15(18(22)20-17-9-12(2)25-21-17)24-14-8-7-13(11-19)10-16(14)23-3/h7-10,15H,4-6H2,1-3H3,(H,20,21,22)/t15-/m0/s1. The van der Waals surface area contributed by atoms with Gasteiger partial charge in [-0.25, -0.2) is 0 Å². The van der Waals surface area contributed by atoms with Crippen LogP contribution in [0.4, 0.5) is 5.82 Å². The van der Waals surface area contributed by atoms with Gasteiger partial charge in [0.2, 0.25) is 0 Å².